The van der Waals surface area contributed by atoms with E-state index in [9.17, 15) is 14.4 Å². The maximum Gasteiger partial charge on any atom is 0.290 e. The van der Waals surface area contributed by atoms with Gasteiger partial charge in [0.2, 0.25) is 17.6 Å². The molecular weight excluding hydrogens is 742 g/mol. The van der Waals surface area contributed by atoms with E-state index in [-0.39, 0.29) is 23.5 Å². The molecule has 2 saturated carbocycles. The van der Waals surface area contributed by atoms with E-state index < -0.39 is 18.0 Å². The molecule has 0 spiro atoms. The van der Waals surface area contributed by atoms with Gasteiger partial charge in [-0.2, -0.15) is 0 Å². The van der Waals surface area contributed by atoms with E-state index in [0.717, 1.165) is 63.5 Å². The zero-order chi connectivity index (χ0) is 40.2. The first-order valence-electron chi connectivity index (χ1n) is 20.7. The van der Waals surface area contributed by atoms with Crippen molar-refractivity contribution in [2.24, 2.45) is 11.8 Å². The number of carbonyl (C=O) groups excluding carboxylic acids is 3. The molecule has 3 amide bonds. The van der Waals surface area contributed by atoms with Gasteiger partial charge in [0.1, 0.15) is 17.8 Å². The average Bonchev–Trinajstić information content (AvgIpc) is 3.94. The van der Waals surface area contributed by atoms with Gasteiger partial charge < -0.3 is 53.6 Å². The molecule has 0 bridgehead atoms. The third-order valence-corrected chi connectivity index (χ3v) is 10.0. The van der Waals surface area contributed by atoms with Crippen LogP contribution in [0.4, 0.5) is 0 Å². The van der Waals surface area contributed by atoms with Crippen LogP contribution in [0.1, 0.15) is 86.9 Å². The summed E-state index contributed by atoms with van der Waals surface area (Å²) < 4.78 is 45.1. The SMILES string of the molecule is COCc1cn(CCOCCOCCOCCOCCOCCOCCNC(=O)[C@@H](NC(=O)[C@H](CC2CCCCC2)NC(=O)c2ccno2)C2CCCCC2)nn1. The van der Waals surface area contributed by atoms with Crippen molar-refractivity contribution in [3.8, 4) is 0 Å². The Hall–Kier alpha value is -3.52. The standard InChI is InChI=1S/C39H65N7O11/c1-50-30-33-29-46(45-44-33)15-17-52-19-21-54-23-25-56-27-26-55-24-22-53-20-18-51-16-14-40-39(49)36(32-10-6-3-7-11-32)43-37(47)34(28-31-8-4-2-5-9-31)42-38(48)35-12-13-41-57-35/h12-13,29,31-32,34,36H,2-11,14-28,30H2,1H3,(H,40,49)(H,42,48)(H,43,47)/t34-,36-/m0/s1. The third-order valence-electron chi connectivity index (χ3n) is 10.0. The summed E-state index contributed by atoms with van der Waals surface area (Å²) in [6.07, 6.45) is 14.1. The number of amides is 3. The van der Waals surface area contributed by atoms with Gasteiger partial charge in [-0.1, -0.05) is 61.7 Å². The summed E-state index contributed by atoms with van der Waals surface area (Å²) in [6, 6.07) is -0.0119. The first kappa shape index (κ1) is 46.2. The topological polar surface area (TPSA) is 209 Å². The fourth-order valence-corrected chi connectivity index (χ4v) is 7.05. The minimum Gasteiger partial charge on any atom is -0.378 e. The second-order valence-corrected chi connectivity index (χ2v) is 14.4. The van der Waals surface area contributed by atoms with Crippen LogP contribution < -0.4 is 16.0 Å². The number of hydrogen-bond acceptors (Lipinski definition) is 14. The number of nitrogens with one attached hydrogen (secondary N) is 3. The quantitative estimate of drug-likeness (QED) is 0.0936. The monoisotopic (exact) mass is 807 g/mol. The Morgan fingerprint density at radius 3 is 1.91 bits per heavy atom. The van der Waals surface area contributed by atoms with Crippen LogP contribution in [0, 0.1) is 11.8 Å². The molecule has 322 valence electrons. The van der Waals surface area contributed by atoms with Crippen LogP contribution in [0.2, 0.25) is 0 Å². The highest BCUT2D eigenvalue weighted by molar-refractivity contribution is 5.96. The Morgan fingerprint density at radius 1 is 0.754 bits per heavy atom. The van der Waals surface area contributed by atoms with E-state index in [1.54, 1.807) is 11.8 Å². The molecule has 2 fully saturated rings. The van der Waals surface area contributed by atoms with E-state index in [1.165, 1.54) is 18.7 Å². The Morgan fingerprint density at radius 2 is 1.33 bits per heavy atom. The molecule has 3 N–H and O–H groups in total. The molecule has 0 unspecified atom stereocenters. The van der Waals surface area contributed by atoms with E-state index in [1.807, 2.05) is 6.20 Å². The van der Waals surface area contributed by atoms with Crippen molar-refractivity contribution >= 4 is 17.7 Å². The number of aromatic nitrogens is 4. The van der Waals surface area contributed by atoms with Crippen LogP contribution in [0.15, 0.2) is 23.0 Å². The highest BCUT2D eigenvalue weighted by Crippen LogP contribution is 2.29. The van der Waals surface area contributed by atoms with Crippen LogP contribution in [0.3, 0.4) is 0 Å². The molecule has 2 aliphatic carbocycles. The molecule has 0 aliphatic heterocycles. The van der Waals surface area contributed by atoms with Crippen LogP contribution in [-0.4, -0.2) is 143 Å². The van der Waals surface area contributed by atoms with E-state index in [2.05, 4.69) is 31.4 Å². The predicted octanol–water partition coefficient (Wildman–Crippen LogP) is 2.46. The summed E-state index contributed by atoms with van der Waals surface area (Å²) in [5.74, 6) is -0.678. The number of methoxy groups -OCH3 is 1. The molecule has 2 atom stereocenters. The maximum absolute atomic E-state index is 13.8. The number of carbonyl (C=O) groups is 3. The molecule has 0 aromatic carbocycles. The van der Waals surface area contributed by atoms with Crippen LogP contribution >= 0.6 is 0 Å². The summed E-state index contributed by atoms with van der Waals surface area (Å²) in [5, 5.41) is 20.5. The van der Waals surface area contributed by atoms with Crippen LogP contribution in [0.5, 0.6) is 0 Å². The van der Waals surface area contributed by atoms with E-state index >= 15 is 0 Å². The summed E-state index contributed by atoms with van der Waals surface area (Å²) in [5.41, 5.74) is 0.786. The lowest BCUT2D eigenvalue weighted by Gasteiger charge is -2.32. The minimum absolute atomic E-state index is 0.0234. The minimum atomic E-state index is -0.784. The van der Waals surface area contributed by atoms with Crippen molar-refractivity contribution in [3.63, 3.8) is 0 Å². The zero-order valence-corrected chi connectivity index (χ0v) is 33.7. The van der Waals surface area contributed by atoms with Gasteiger partial charge in [0.25, 0.3) is 5.91 Å². The Bertz CT molecular complexity index is 1350. The average molecular weight is 808 g/mol. The van der Waals surface area contributed by atoms with Crippen molar-refractivity contribution in [3.05, 3.63) is 29.9 Å². The third kappa shape index (κ3) is 19.2. The van der Waals surface area contributed by atoms with Crippen molar-refractivity contribution in [2.75, 3.05) is 92.9 Å². The van der Waals surface area contributed by atoms with Crippen LogP contribution in [-0.2, 0) is 55.9 Å². The van der Waals surface area contributed by atoms with Gasteiger partial charge in [0, 0.05) is 19.7 Å². The normalized spacial score (nSPS) is 16.3. The highest BCUT2D eigenvalue weighted by atomic mass is 16.6. The second kappa shape index (κ2) is 28.8. The number of ether oxygens (including phenoxy) is 7. The summed E-state index contributed by atoms with van der Waals surface area (Å²) >= 11 is 0. The Balaban J connectivity index is 0.994. The van der Waals surface area contributed by atoms with Crippen LogP contribution in [0.25, 0.3) is 0 Å². The number of hydrogen-bond donors (Lipinski definition) is 3. The maximum atomic E-state index is 13.8. The predicted molar refractivity (Wildman–Crippen MR) is 206 cm³/mol. The molecule has 18 heteroatoms. The molecule has 2 aromatic heterocycles. The van der Waals surface area contributed by atoms with Crippen molar-refractivity contribution in [2.45, 2.75) is 95.9 Å². The van der Waals surface area contributed by atoms with Gasteiger partial charge in [-0.05, 0) is 31.1 Å². The molecule has 2 aliphatic rings. The Kier molecular flexibility index (Phi) is 23.3. The highest BCUT2D eigenvalue weighted by Gasteiger charge is 2.34. The summed E-state index contributed by atoms with van der Waals surface area (Å²) in [7, 11) is 1.62. The lowest BCUT2D eigenvalue weighted by Crippen LogP contribution is -2.57. The van der Waals surface area contributed by atoms with Crippen molar-refractivity contribution in [1.29, 1.82) is 0 Å². The smallest absolute Gasteiger partial charge is 0.290 e. The fourth-order valence-electron chi connectivity index (χ4n) is 7.05. The first-order chi connectivity index (χ1) is 28.0. The summed E-state index contributed by atoms with van der Waals surface area (Å²) in [6.45, 7) is 6.67. The number of rotatable bonds is 31. The zero-order valence-electron chi connectivity index (χ0n) is 33.7. The number of nitrogens with zero attached hydrogens (tertiary/aromatic N) is 4. The largest absolute Gasteiger partial charge is 0.378 e. The summed E-state index contributed by atoms with van der Waals surface area (Å²) in [4.78, 5) is 40.1. The van der Waals surface area contributed by atoms with E-state index in [0.29, 0.717) is 111 Å². The van der Waals surface area contributed by atoms with Gasteiger partial charge >= 0.3 is 0 Å². The molecule has 0 radical (unpaired) electrons. The van der Waals surface area contributed by atoms with Crippen molar-refractivity contribution < 1.29 is 52.1 Å². The van der Waals surface area contributed by atoms with E-state index in [4.69, 9.17) is 37.7 Å². The Labute approximate surface area is 336 Å². The van der Waals surface area contributed by atoms with Gasteiger partial charge in [-0.3, -0.25) is 14.4 Å². The molecular formula is C39H65N7O11. The van der Waals surface area contributed by atoms with Gasteiger partial charge in [0.15, 0.2) is 0 Å². The molecule has 2 heterocycles. The molecule has 4 rings (SSSR count). The molecule has 2 aromatic rings. The molecule has 0 saturated heterocycles. The van der Waals surface area contributed by atoms with Gasteiger partial charge in [-0.15, -0.1) is 5.10 Å². The molecule has 57 heavy (non-hydrogen) atoms. The fraction of sp³-hybridized carbons (Fsp3) is 0.795. The second-order valence-electron chi connectivity index (χ2n) is 14.4. The first-order valence-corrected chi connectivity index (χ1v) is 20.7. The molecule has 18 nitrogen and oxygen atoms in total. The lowest BCUT2D eigenvalue weighted by atomic mass is 9.82. The lowest BCUT2D eigenvalue weighted by molar-refractivity contribution is -0.132. The van der Waals surface area contributed by atoms with Gasteiger partial charge in [-0.25, -0.2) is 4.68 Å². The van der Waals surface area contributed by atoms with Gasteiger partial charge in [0.05, 0.1) is 105 Å². The van der Waals surface area contributed by atoms with Crippen molar-refractivity contribution in [1.82, 2.24) is 36.1 Å².